The van der Waals surface area contributed by atoms with Crippen molar-refractivity contribution in [2.45, 2.75) is 19.3 Å². The van der Waals surface area contributed by atoms with E-state index in [1.807, 2.05) is 0 Å². The summed E-state index contributed by atoms with van der Waals surface area (Å²) in [5.41, 5.74) is 5.28. The topological polar surface area (TPSA) is 66.6 Å². The fourth-order valence-electron chi connectivity index (χ4n) is 0.886. The Labute approximate surface area is 73.3 Å². The molecule has 0 aromatic carbocycles. The highest BCUT2D eigenvalue weighted by Crippen LogP contribution is 1.97. The molecule has 0 aliphatic heterocycles. The average molecular weight is 174 g/mol. The van der Waals surface area contributed by atoms with Crippen molar-refractivity contribution in [3.63, 3.8) is 0 Å². The van der Waals surface area contributed by atoms with Gasteiger partial charge in [0.15, 0.2) is 0 Å². The van der Waals surface area contributed by atoms with Crippen LogP contribution >= 0.6 is 0 Å². The lowest BCUT2D eigenvalue weighted by atomic mass is 10.2. The van der Waals surface area contributed by atoms with Gasteiger partial charge < -0.3 is 15.7 Å². The van der Waals surface area contributed by atoms with Crippen molar-refractivity contribution in [1.82, 2.24) is 4.90 Å². The molecule has 0 saturated carbocycles. The van der Waals surface area contributed by atoms with E-state index in [0.717, 1.165) is 12.8 Å². The maximum Gasteiger partial charge on any atom is 0.222 e. The summed E-state index contributed by atoms with van der Waals surface area (Å²) in [5.74, 6) is 0.0810. The smallest absolute Gasteiger partial charge is 0.222 e. The van der Waals surface area contributed by atoms with Crippen LogP contribution in [0.25, 0.3) is 0 Å². The standard InChI is InChI=1S/C8H18N2O2/c1-10(6-7-11)8(12)4-2-3-5-9/h11H,2-7,9H2,1H3. The van der Waals surface area contributed by atoms with Crippen molar-refractivity contribution in [1.29, 1.82) is 0 Å². The molecule has 1 amide bonds. The molecule has 0 bridgehead atoms. The number of rotatable bonds is 6. The summed E-state index contributed by atoms with van der Waals surface area (Å²) in [7, 11) is 1.70. The molecule has 0 saturated heterocycles. The van der Waals surface area contributed by atoms with Gasteiger partial charge in [-0.05, 0) is 19.4 Å². The molecule has 0 aliphatic rings. The van der Waals surface area contributed by atoms with Gasteiger partial charge in [-0.1, -0.05) is 0 Å². The summed E-state index contributed by atoms with van der Waals surface area (Å²) >= 11 is 0. The van der Waals surface area contributed by atoms with Crippen LogP contribution in [-0.2, 0) is 4.79 Å². The Hall–Kier alpha value is -0.610. The van der Waals surface area contributed by atoms with Crippen molar-refractivity contribution < 1.29 is 9.90 Å². The first-order valence-electron chi connectivity index (χ1n) is 4.27. The number of unbranched alkanes of at least 4 members (excludes halogenated alkanes) is 1. The van der Waals surface area contributed by atoms with E-state index in [0.29, 0.717) is 19.5 Å². The Morgan fingerprint density at radius 2 is 2.17 bits per heavy atom. The molecule has 4 heteroatoms. The van der Waals surface area contributed by atoms with Gasteiger partial charge in [0.05, 0.1) is 6.61 Å². The minimum Gasteiger partial charge on any atom is -0.395 e. The predicted molar refractivity (Wildman–Crippen MR) is 47.6 cm³/mol. The Balaban J connectivity index is 3.43. The van der Waals surface area contributed by atoms with Crippen molar-refractivity contribution in [3.05, 3.63) is 0 Å². The molecule has 4 nitrogen and oxygen atoms in total. The third-order valence-corrected chi connectivity index (χ3v) is 1.71. The number of nitrogens with zero attached hydrogens (tertiary/aromatic N) is 1. The summed E-state index contributed by atoms with van der Waals surface area (Å²) in [6.07, 6.45) is 2.26. The van der Waals surface area contributed by atoms with E-state index >= 15 is 0 Å². The second-order valence-electron chi connectivity index (χ2n) is 2.78. The van der Waals surface area contributed by atoms with Gasteiger partial charge in [0, 0.05) is 20.0 Å². The lowest BCUT2D eigenvalue weighted by Gasteiger charge is -2.14. The molecule has 3 N–H and O–H groups in total. The number of carbonyl (C=O) groups excluding carboxylic acids is 1. The van der Waals surface area contributed by atoms with Crippen LogP contribution in [0, 0.1) is 0 Å². The Kier molecular flexibility index (Phi) is 6.70. The first-order valence-corrected chi connectivity index (χ1v) is 4.27. The zero-order chi connectivity index (χ0) is 9.40. The lowest BCUT2D eigenvalue weighted by molar-refractivity contribution is -0.130. The van der Waals surface area contributed by atoms with E-state index in [1.54, 1.807) is 7.05 Å². The van der Waals surface area contributed by atoms with Gasteiger partial charge in [-0.25, -0.2) is 0 Å². The molecular formula is C8H18N2O2. The zero-order valence-electron chi connectivity index (χ0n) is 7.62. The number of nitrogens with two attached hydrogens (primary N) is 1. The Bertz CT molecular complexity index is 128. The first kappa shape index (κ1) is 11.4. The summed E-state index contributed by atoms with van der Waals surface area (Å²) in [4.78, 5) is 12.7. The minimum atomic E-state index is 0.0269. The SMILES string of the molecule is CN(CCO)C(=O)CCCCN. The van der Waals surface area contributed by atoms with Gasteiger partial charge in [0.25, 0.3) is 0 Å². The van der Waals surface area contributed by atoms with Crippen LogP contribution in [0.4, 0.5) is 0 Å². The van der Waals surface area contributed by atoms with Crippen LogP contribution in [0.3, 0.4) is 0 Å². The molecule has 0 atom stereocenters. The minimum absolute atomic E-state index is 0.0269. The summed E-state index contributed by atoms with van der Waals surface area (Å²) in [6, 6.07) is 0. The number of carbonyl (C=O) groups is 1. The Morgan fingerprint density at radius 3 is 2.67 bits per heavy atom. The normalized spacial score (nSPS) is 9.92. The van der Waals surface area contributed by atoms with Crippen LogP contribution in [0.1, 0.15) is 19.3 Å². The van der Waals surface area contributed by atoms with Crippen molar-refractivity contribution in [3.8, 4) is 0 Å². The van der Waals surface area contributed by atoms with E-state index in [9.17, 15) is 4.79 Å². The van der Waals surface area contributed by atoms with Crippen LogP contribution in [0.5, 0.6) is 0 Å². The number of aliphatic hydroxyl groups is 1. The third kappa shape index (κ3) is 5.09. The van der Waals surface area contributed by atoms with Crippen molar-refractivity contribution in [2.24, 2.45) is 5.73 Å². The molecular weight excluding hydrogens is 156 g/mol. The van der Waals surface area contributed by atoms with Crippen LogP contribution in [-0.4, -0.2) is 42.7 Å². The number of likely N-dealkylation sites (N-methyl/N-ethyl adjacent to an activating group) is 1. The molecule has 0 unspecified atom stereocenters. The highest BCUT2D eigenvalue weighted by atomic mass is 16.3. The number of aliphatic hydroxyl groups excluding tert-OH is 1. The van der Waals surface area contributed by atoms with Gasteiger partial charge in [0.1, 0.15) is 0 Å². The van der Waals surface area contributed by atoms with Gasteiger partial charge in [-0.2, -0.15) is 0 Å². The fraction of sp³-hybridized carbons (Fsp3) is 0.875. The average Bonchev–Trinajstić information content (AvgIpc) is 2.05. The number of hydrogen-bond acceptors (Lipinski definition) is 3. The van der Waals surface area contributed by atoms with Gasteiger partial charge in [-0.3, -0.25) is 4.79 Å². The molecule has 0 aliphatic carbocycles. The molecule has 0 fully saturated rings. The molecule has 0 aromatic heterocycles. The van der Waals surface area contributed by atoms with E-state index in [1.165, 1.54) is 4.90 Å². The maximum atomic E-state index is 11.2. The van der Waals surface area contributed by atoms with Crippen molar-refractivity contribution >= 4 is 5.91 Å². The Morgan fingerprint density at radius 1 is 1.50 bits per heavy atom. The van der Waals surface area contributed by atoms with Crippen LogP contribution in [0.15, 0.2) is 0 Å². The van der Waals surface area contributed by atoms with Gasteiger partial charge in [-0.15, -0.1) is 0 Å². The number of hydrogen-bond donors (Lipinski definition) is 2. The molecule has 0 heterocycles. The second kappa shape index (κ2) is 7.06. The molecule has 0 rings (SSSR count). The fourth-order valence-corrected chi connectivity index (χ4v) is 0.886. The van der Waals surface area contributed by atoms with Crippen LogP contribution < -0.4 is 5.73 Å². The first-order chi connectivity index (χ1) is 5.72. The molecule has 0 radical (unpaired) electrons. The second-order valence-corrected chi connectivity index (χ2v) is 2.78. The molecule has 0 spiro atoms. The van der Waals surface area contributed by atoms with E-state index in [2.05, 4.69) is 0 Å². The monoisotopic (exact) mass is 174 g/mol. The highest BCUT2D eigenvalue weighted by Gasteiger charge is 2.05. The number of amides is 1. The van der Waals surface area contributed by atoms with Crippen molar-refractivity contribution in [2.75, 3.05) is 26.7 Å². The predicted octanol–water partition coefficient (Wildman–Crippen LogP) is -0.434. The molecule has 72 valence electrons. The summed E-state index contributed by atoms with van der Waals surface area (Å²) in [5, 5.41) is 8.54. The molecule has 0 aromatic rings. The largest absolute Gasteiger partial charge is 0.395 e. The van der Waals surface area contributed by atoms with Crippen LogP contribution in [0.2, 0.25) is 0 Å². The highest BCUT2D eigenvalue weighted by molar-refractivity contribution is 5.75. The van der Waals surface area contributed by atoms with E-state index in [4.69, 9.17) is 10.8 Å². The summed E-state index contributed by atoms with van der Waals surface area (Å²) in [6.45, 7) is 1.08. The molecule has 12 heavy (non-hydrogen) atoms. The van der Waals surface area contributed by atoms with Gasteiger partial charge in [0.2, 0.25) is 5.91 Å². The zero-order valence-corrected chi connectivity index (χ0v) is 7.62. The van der Waals surface area contributed by atoms with E-state index < -0.39 is 0 Å². The lowest BCUT2D eigenvalue weighted by Crippen LogP contribution is -2.29. The maximum absolute atomic E-state index is 11.2. The summed E-state index contributed by atoms with van der Waals surface area (Å²) < 4.78 is 0. The third-order valence-electron chi connectivity index (χ3n) is 1.71. The van der Waals surface area contributed by atoms with Gasteiger partial charge >= 0.3 is 0 Å². The van der Waals surface area contributed by atoms with E-state index in [-0.39, 0.29) is 12.5 Å². The quantitative estimate of drug-likeness (QED) is 0.537.